The van der Waals surface area contributed by atoms with Crippen LogP contribution in [0.3, 0.4) is 0 Å². The maximum Gasteiger partial charge on any atom is 0.337 e. The second-order valence-corrected chi connectivity index (χ2v) is 9.69. The lowest BCUT2D eigenvalue weighted by molar-refractivity contribution is -0.151. The Bertz CT molecular complexity index is 1110. The summed E-state index contributed by atoms with van der Waals surface area (Å²) in [4.78, 5) is 40.1. The topological polar surface area (TPSA) is 100 Å². The molecule has 0 radical (unpaired) electrons. The number of ketones is 1. The fourth-order valence-corrected chi connectivity index (χ4v) is 5.64. The van der Waals surface area contributed by atoms with Gasteiger partial charge in [-0.05, 0) is 69.6 Å². The van der Waals surface area contributed by atoms with E-state index >= 15 is 0 Å². The van der Waals surface area contributed by atoms with Crippen LogP contribution >= 0.6 is 0 Å². The number of methoxy groups -OCH3 is 2. The molecule has 1 N–H and O–H groups in total. The molecular formula is C28H35NO7. The van der Waals surface area contributed by atoms with Crippen molar-refractivity contribution in [3.8, 4) is 11.5 Å². The van der Waals surface area contributed by atoms with Crippen molar-refractivity contribution in [1.29, 1.82) is 0 Å². The molecule has 1 aliphatic heterocycles. The standard InChI is InChI=1S/C28H35NO7/c1-6-35-20-12-11-17(14-21(20)33-4)24-23(28(32)36-18-9-7-8-10-18)16(3)29-19-13-15(2)22(27(31)34-5)26(30)25(19)24/h11-12,14-15,18,22,24,29H,6-10,13H2,1-5H3/t15-,22+,24-/m1/s1. The zero-order chi connectivity index (χ0) is 26.0. The van der Waals surface area contributed by atoms with Crippen molar-refractivity contribution in [3.63, 3.8) is 0 Å². The van der Waals surface area contributed by atoms with Crippen LogP contribution in [0.5, 0.6) is 11.5 Å². The van der Waals surface area contributed by atoms with E-state index in [1.54, 1.807) is 19.2 Å². The third-order valence-electron chi connectivity index (χ3n) is 7.36. The van der Waals surface area contributed by atoms with Gasteiger partial charge in [-0.25, -0.2) is 4.79 Å². The Morgan fingerprint density at radius 2 is 1.83 bits per heavy atom. The maximum atomic E-state index is 13.9. The summed E-state index contributed by atoms with van der Waals surface area (Å²) in [7, 11) is 2.83. The van der Waals surface area contributed by atoms with Gasteiger partial charge < -0.3 is 24.3 Å². The molecule has 36 heavy (non-hydrogen) atoms. The summed E-state index contributed by atoms with van der Waals surface area (Å²) >= 11 is 0. The number of nitrogens with one attached hydrogen (secondary N) is 1. The Morgan fingerprint density at radius 3 is 2.47 bits per heavy atom. The summed E-state index contributed by atoms with van der Waals surface area (Å²) in [5.41, 5.74) is 2.83. The van der Waals surface area contributed by atoms with Gasteiger partial charge in [0.2, 0.25) is 0 Å². The van der Waals surface area contributed by atoms with E-state index in [1.165, 1.54) is 7.11 Å². The number of dihydropyridines is 1. The van der Waals surface area contributed by atoms with Gasteiger partial charge in [0.15, 0.2) is 17.3 Å². The molecule has 1 aromatic rings. The van der Waals surface area contributed by atoms with Gasteiger partial charge in [0.1, 0.15) is 12.0 Å². The summed E-state index contributed by atoms with van der Waals surface area (Å²) < 4.78 is 22.1. The van der Waals surface area contributed by atoms with Crippen LogP contribution in [0.1, 0.15) is 64.4 Å². The number of carbonyl (C=O) groups is 3. The summed E-state index contributed by atoms with van der Waals surface area (Å²) in [6.07, 6.45) is 4.08. The molecular weight excluding hydrogens is 462 g/mol. The molecule has 0 aromatic heterocycles. The van der Waals surface area contributed by atoms with Crippen molar-refractivity contribution in [2.75, 3.05) is 20.8 Å². The van der Waals surface area contributed by atoms with Gasteiger partial charge in [-0.2, -0.15) is 0 Å². The van der Waals surface area contributed by atoms with Crippen LogP contribution in [0, 0.1) is 11.8 Å². The predicted octanol–water partition coefficient (Wildman–Crippen LogP) is 4.19. The molecule has 8 nitrogen and oxygen atoms in total. The van der Waals surface area contributed by atoms with Crippen molar-refractivity contribution in [2.45, 2.75) is 64.9 Å². The average molecular weight is 498 g/mol. The molecule has 194 valence electrons. The van der Waals surface area contributed by atoms with Crippen LogP contribution < -0.4 is 14.8 Å². The number of carbonyl (C=O) groups excluding carboxylic acids is 3. The first-order valence-electron chi connectivity index (χ1n) is 12.6. The van der Waals surface area contributed by atoms with Crippen LogP contribution in [0.2, 0.25) is 0 Å². The van der Waals surface area contributed by atoms with E-state index < -0.39 is 23.8 Å². The Balaban J connectivity index is 1.84. The van der Waals surface area contributed by atoms with Crippen LogP contribution in [0.15, 0.2) is 40.7 Å². The number of Topliss-reactive ketones (excluding diaryl/α,β-unsaturated/α-hetero) is 1. The zero-order valence-corrected chi connectivity index (χ0v) is 21.6. The molecule has 1 aromatic carbocycles. The number of rotatable bonds is 7. The normalized spacial score (nSPS) is 24.2. The molecule has 0 amide bonds. The first-order chi connectivity index (χ1) is 17.3. The first-order valence-corrected chi connectivity index (χ1v) is 12.6. The third-order valence-corrected chi connectivity index (χ3v) is 7.36. The lowest BCUT2D eigenvalue weighted by Crippen LogP contribution is -2.43. The molecule has 1 heterocycles. The Hall–Kier alpha value is -3.29. The number of hydrogen-bond acceptors (Lipinski definition) is 8. The van der Waals surface area contributed by atoms with E-state index in [0.29, 0.717) is 46.9 Å². The average Bonchev–Trinajstić information content (AvgIpc) is 3.36. The first kappa shape index (κ1) is 25.8. The fraction of sp³-hybridized carbons (Fsp3) is 0.536. The van der Waals surface area contributed by atoms with Crippen LogP contribution in [-0.2, 0) is 23.9 Å². The van der Waals surface area contributed by atoms with Crippen molar-refractivity contribution in [1.82, 2.24) is 5.32 Å². The van der Waals surface area contributed by atoms with Gasteiger partial charge in [0.05, 0.1) is 26.4 Å². The van der Waals surface area contributed by atoms with Crippen molar-refractivity contribution in [3.05, 3.63) is 46.3 Å². The molecule has 3 atom stereocenters. The highest BCUT2D eigenvalue weighted by Crippen LogP contribution is 2.47. The number of ether oxygens (including phenoxy) is 4. The molecule has 0 spiro atoms. The molecule has 0 unspecified atom stereocenters. The molecule has 3 aliphatic rings. The summed E-state index contributed by atoms with van der Waals surface area (Å²) in [5, 5.41) is 3.30. The Labute approximate surface area is 212 Å². The zero-order valence-electron chi connectivity index (χ0n) is 21.6. The minimum absolute atomic E-state index is 0.131. The van der Waals surface area contributed by atoms with Gasteiger partial charge in [-0.1, -0.05) is 13.0 Å². The van der Waals surface area contributed by atoms with E-state index in [9.17, 15) is 14.4 Å². The van der Waals surface area contributed by atoms with Crippen molar-refractivity contribution < 1.29 is 33.3 Å². The number of esters is 2. The molecule has 0 bridgehead atoms. The Morgan fingerprint density at radius 1 is 1.11 bits per heavy atom. The summed E-state index contributed by atoms with van der Waals surface area (Å²) in [5.74, 6) is -2.18. The second kappa shape index (κ2) is 10.8. The monoisotopic (exact) mass is 497 g/mol. The molecule has 2 aliphatic carbocycles. The predicted molar refractivity (Wildman–Crippen MR) is 132 cm³/mol. The Kier molecular flexibility index (Phi) is 7.71. The van der Waals surface area contributed by atoms with Gasteiger partial charge in [0.25, 0.3) is 0 Å². The van der Waals surface area contributed by atoms with Gasteiger partial charge >= 0.3 is 11.9 Å². The molecule has 8 heteroatoms. The van der Waals surface area contributed by atoms with Gasteiger partial charge in [-0.3, -0.25) is 9.59 Å². The number of hydrogen-bond donors (Lipinski definition) is 1. The van der Waals surface area contributed by atoms with E-state index in [1.807, 2.05) is 26.8 Å². The molecule has 1 fully saturated rings. The fourth-order valence-electron chi connectivity index (χ4n) is 5.64. The van der Waals surface area contributed by atoms with E-state index in [-0.39, 0.29) is 17.8 Å². The van der Waals surface area contributed by atoms with Crippen LogP contribution in [-0.4, -0.2) is 44.7 Å². The minimum atomic E-state index is -0.937. The second-order valence-electron chi connectivity index (χ2n) is 9.69. The van der Waals surface area contributed by atoms with E-state index in [4.69, 9.17) is 18.9 Å². The molecule has 4 rings (SSSR count). The minimum Gasteiger partial charge on any atom is -0.493 e. The number of allylic oxidation sites excluding steroid dienone is 3. The highest BCUT2D eigenvalue weighted by atomic mass is 16.5. The van der Waals surface area contributed by atoms with Crippen molar-refractivity contribution in [2.24, 2.45) is 11.8 Å². The van der Waals surface area contributed by atoms with Gasteiger partial charge in [-0.15, -0.1) is 0 Å². The van der Waals surface area contributed by atoms with E-state index in [0.717, 1.165) is 31.4 Å². The third kappa shape index (κ3) is 4.73. The smallest absolute Gasteiger partial charge is 0.337 e. The maximum absolute atomic E-state index is 13.9. The summed E-state index contributed by atoms with van der Waals surface area (Å²) in [6.45, 7) is 6.04. The largest absolute Gasteiger partial charge is 0.493 e. The van der Waals surface area contributed by atoms with Crippen LogP contribution in [0.4, 0.5) is 0 Å². The van der Waals surface area contributed by atoms with E-state index in [2.05, 4.69) is 5.32 Å². The summed E-state index contributed by atoms with van der Waals surface area (Å²) in [6, 6.07) is 5.41. The highest BCUT2D eigenvalue weighted by Gasteiger charge is 2.47. The van der Waals surface area contributed by atoms with Crippen LogP contribution in [0.25, 0.3) is 0 Å². The van der Waals surface area contributed by atoms with Gasteiger partial charge in [0, 0.05) is 22.9 Å². The SMILES string of the molecule is CCOc1ccc([C@@H]2C(C(=O)OC3CCCC3)=C(C)NC3=C2C(=O)[C@@H](C(=O)OC)[C@H](C)C3)cc1OC. The lowest BCUT2D eigenvalue weighted by atomic mass is 9.69. The molecule has 0 saturated heterocycles. The van der Waals surface area contributed by atoms with Crippen molar-refractivity contribution >= 4 is 17.7 Å². The lowest BCUT2D eigenvalue weighted by Gasteiger charge is -2.38. The molecule has 1 saturated carbocycles. The quantitative estimate of drug-likeness (QED) is 0.442. The number of benzene rings is 1. The highest BCUT2D eigenvalue weighted by molar-refractivity contribution is 6.12.